The van der Waals surface area contributed by atoms with Gasteiger partial charge in [-0.1, -0.05) is 106 Å². The van der Waals surface area contributed by atoms with Gasteiger partial charge in [0, 0.05) is 0 Å². The average molecular weight is 279 g/mol. The minimum absolute atomic E-state index is 0.299. The van der Waals surface area contributed by atoms with Crippen LogP contribution in [0.1, 0.15) is 32.1 Å². The van der Waals surface area contributed by atoms with Crippen LogP contribution in [0.5, 0.6) is 0 Å². The first-order valence-electron chi connectivity index (χ1n) is 7.68. The van der Waals surface area contributed by atoms with Crippen LogP contribution in [-0.4, -0.2) is 7.00 Å². The van der Waals surface area contributed by atoms with E-state index >= 15 is 0 Å². The highest BCUT2D eigenvalue weighted by molar-refractivity contribution is 7.97. The first kappa shape index (κ1) is 13.9. The SMILES string of the molecule is [B](C1CCCCC1)P(c1ccccc1)c1ccccc1. The summed E-state index contributed by atoms with van der Waals surface area (Å²) in [5.74, 6) is 0.815. The molecule has 0 atom stereocenters. The average Bonchev–Trinajstić information content (AvgIpc) is 2.55. The Labute approximate surface area is 124 Å². The molecule has 1 fully saturated rings. The molecule has 1 aliphatic carbocycles. The molecule has 3 rings (SSSR count). The van der Waals surface area contributed by atoms with Crippen molar-refractivity contribution in [2.45, 2.75) is 37.9 Å². The fourth-order valence-electron chi connectivity index (χ4n) is 2.99. The van der Waals surface area contributed by atoms with Gasteiger partial charge in [-0.2, -0.15) is 0 Å². The quantitative estimate of drug-likeness (QED) is 0.571. The van der Waals surface area contributed by atoms with Crippen LogP contribution in [0.25, 0.3) is 0 Å². The number of rotatable bonds is 4. The molecule has 2 aromatic carbocycles. The van der Waals surface area contributed by atoms with E-state index in [1.807, 2.05) is 0 Å². The molecule has 0 spiro atoms. The number of hydrogen-bond acceptors (Lipinski definition) is 0. The third kappa shape index (κ3) is 3.52. The summed E-state index contributed by atoms with van der Waals surface area (Å²) in [5, 5.41) is 2.97. The van der Waals surface area contributed by atoms with Gasteiger partial charge in [0.1, 0.15) is 0 Å². The van der Waals surface area contributed by atoms with E-state index in [-0.39, 0.29) is 7.80 Å². The predicted molar refractivity (Wildman–Crippen MR) is 91.7 cm³/mol. The molecule has 0 bridgehead atoms. The molecule has 0 amide bonds. The molecular formula is C18H21BP. The molecule has 0 unspecified atom stereocenters. The van der Waals surface area contributed by atoms with Crippen LogP contribution >= 0.6 is 7.80 Å². The smallest absolute Gasteiger partial charge is 0.0868 e. The molecule has 0 heterocycles. The van der Waals surface area contributed by atoms with E-state index in [4.69, 9.17) is 0 Å². The Hall–Kier alpha value is -1.07. The third-order valence-electron chi connectivity index (χ3n) is 4.08. The maximum Gasteiger partial charge on any atom is 0.162 e. The van der Waals surface area contributed by atoms with Gasteiger partial charge >= 0.3 is 0 Å². The van der Waals surface area contributed by atoms with Crippen molar-refractivity contribution in [3.05, 3.63) is 60.7 Å². The minimum Gasteiger partial charge on any atom is -0.0868 e. The van der Waals surface area contributed by atoms with Crippen molar-refractivity contribution >= 4 is 25.4 Å². The fourth-order valence-corrected chi connectivity index (χ4v) is 5.34. The van der Waals surface area contributed by atoms with Crippen molar-refractivity contribution in [2.24, 2.45) is 0 Å². The predicted octanol–water partition coefficient (Wildman–Crippen LogP) is 4.49. The van der Waals surface area contributed by atoms with Crippen LogP contribution in [0, 0.1) is 0 Å². The zero-order chi connectivity index (χ0) is 13.6. The summed E-state index contributed by atoms with van der Waals surface area (Å²) < 4.78 is 0. The molecule has 20 heavy (non-hydrogen) atoms. The zero-order valence-corrected chi connectivity index (χ0v) is 12.8. The topological polar surface area (TPSA) is 0 Å². The minimum atomic E-state index is -0.299. The van der Waals surface area contributed by atoms with E-state index in [2.05, 4.69) is 67.7 Å². The van der Waals surface area contributed by atoms with Crippen LogP contribution in [0.3, 0.4) is 0 Å². The molecule has 1 saturated carbocycles. The summed E-state index contributed by atoms with van der Waals surface area (Å²) in [5.41, 5.74) is 0. The zero-order valence-electron chi connectivity index (χ0n) is 11.9. The lowest BCUT2D eigenvalue weighted by Gasteiger charge is -2.26. The highest BCUT2D eigenvalue weighted by atomic mass is 31.1. The van der Waals surface area contributed by atoms with Crippen LogP contribution in [-0.2, 0) is 0 Å². The van der Waals surface area contributed by atoms with Gasteiger partial charge in [-0.25, -0.2) is 0 Å². The highest BCUT2D eigenvalue weighted by Gasteiger charge is 2.22. The Morgan fingerprint density at radius 2 is 1.20 bits per heavy atom. The van der Waals surface area contributed by atoms with Crippen molar-refractivity contribution in [1.82, 2.24) is 0 Å². The van der Waals surface area contributed by atoms with Gasteiger partial charge in [0.15, 0.2) is 7.00 Å². The number of hydrogen-bond donors (Lipinski definition) is 0. The lowest BCUT2D eigenvalue weighted by Crippen LogP contribution is -2.19. The van der Waals surface area contributed by atoms with Crippen molar-refractivity contribution in [2.75, 3.05) is 0 Å². The molecule has 1 aliphatic rings. The van der Waals surface area contributed by atoms with E-state index in [1.54, 1.807) is 0 Å². The molecule has 0 aliphatic heterocycles. The van der Waals surface area contributed by atoms with E-state index in [0.29, 0.717) is 0 Å². The maximum absolute atomic E-state index is 2.67. The van der Waals surface area contributed by atoms with Crippen LogP contribution in [0.2, 0.25) is 5.82 Å². The van der Waals surface area contributed by atoms with Crippen molar-refractivity contribution in [1.29, 1.82) is 0 Å². The Balaban J connectivity index is 1.83. The summed E-state index contributed by atoms with van der Waals surface area (Å²) in [6.07, 6.45) is 7.03. The summed E-state index contributed by atoms with van der Waals surface area (Å²) in [6, 6.07) is 22.1. The van der Waals surface area contributed by atoms with Crippen molar-refractivity contribution < 1.29 is 0 Å². The standard InChI is InChI=1S/C18H21BP/c1-4-10-16(11-5-1)19-20(17-12-6-2-7-13-17)18-14-8-3-9-15-18/h2-3,6-9,12-16H,1,4-5,10-11H2. The summed E-state index contributed by atoms with van der Waals surface area (Å²) in [7, 11) is -0.299. The highest BCUT2D eigenvalue weighted by Crippen LogP contribution is 2.40. The molecule has 101 valence electrons. The molecule has 2 heteroatoms. The largest absolute Gasteiger partial charge is 0.162 e. The van der Waals surface area contributed by atoms with E-state index in [0.717, 1.165) is 5.82 Å². The third-order valence-corrected chi connectivity index (χ3v) is 6.51. The van der Waals surface area contributed by atoms with E-state index in [1.165, 1.54) is 42.7 Å². The van der Waals surface area contributed by atoms with Crippen molar-refractivity contribution in [3.63, 3.8) is 0 Å². The second kappa shape index (κ2) is 7.09. The van der Waals surface area contributed by atoms with Crippen LogP contribution < -0.4 is 10.6 Å². The maximum atomic E-state index is 2.67. The van der Waals surface area contributed by atoms with E-state index in [9.17, 15) is 0 Å². The van der Waals surface area contributed by atoms with E-state index < -0.39 is 0 Å². The molecule has 2 aromatic rings. The first-order chi connectivity index (χ1) is 9.93. The molecule has 0 aromatic heterocycles. The van der Waals surface area contributed by atoms with Gasteiger partial charge in [0.25, 0.3) is 0 Å². The Bertz CT molecular complexity index is 466. The molecule has 0 nitrogen and oxygen atoms in total. The monoisotopic (exact) mass is 279 g/mol. The molecule has 0 saturated heterocycles. The van der Waals surface area contributed by atoms with Crippen LogP contribution in [0.4, 0.5) is 0 Å². The second-order valence-corrected chi connectivity index (χ2v) is 7.66. The van der Waals surface area contributed by atoms with Crippen LogP contribution in [0.15, 0.2) is 60.7 Å². The molecule has 1 radical (unpaired) electrons. The fraction of sp³-hybridized carbons (Fsp3) is 0.333. The van der Waals surface area contributed by atoms with Gasteiger partial charge < -0.3 is 0 Å². The molecule has 0 N–H and O–H groups in total. The first-order valence-corrected chi connectivity index (χ1v) is 9.09. The molecular weight excluding hydrogens is 258 g/mol. The van der Waals surface area contributed by atoms with Gasteiger partial charge in [-0.05, 0) is 10.6 Å². The Morgan fingerprint density at radius 1 is 0.700 bits per heavy atom. The lowest BCUT2D eigenvalue weighted by molar-refractivity contribution is 0.503. The second-order valence-electron chi connectivity index (χ2n) is 5.59. The summed E-state index contributed by atoms with van der Waals surface area (Å²) in [4.78, 5) is 0. The van der Waals surface area contributed by atoms with Crippen molar-refractivity contribution in [3.8, 4) is 0 Å². The Morgan fingerprint density at radius 3 is 1.70 bits per heavy atom. The van der Waals surface area contributed by atoms with Gasteiger partial charge in [0.05, 0.1) is 0 Å². The van der Waals surface area contributed by atoms with Gasteiger partial charge in [-0.3, -0.25) is 0 Å². The summed E-state index contributed by atoms with van der Waals surface area (Å²) >= 11 is 0. The Kier molecular flexibility index (Phi) is 4.93. The van der Waals surface area contributed by atoms with Gasteiger partial charge in [0.2, 0.25) is 0 Å². The van der Waals surface area contributed by atoms with Gasteiger partial charge in [-0.15, -0.1) is 0 Å². The summed E-state index contributed by atoms with van der Waals surface area (Å²) in [6.45, 7) is 2.67. The lowest BCUT2D eigenvalue weighted by atomic mass is 9.74. The normalized spacial score (nSPS) is 16.2. The number of benzene rings is 2.